The van der Waals surface area contributed by atoms with E-state index in [9.17, 15) is 13.2 Å². The van der Waals surface area contributed by atoms with Gasteiger partial charge in [0.1, 0.15) is 0 Å². The minimum atomic E-state index is -3.13. The van der Waals surface area contributed by atoms with Gasteiger partial charge in [-0.3, -0.25) is 9.79 Å². The van der Waals surface area contributed by atoms with Crippen LogP contribution >= 0.6 is 0 Å². The summed E-state index contributed by atoms with van der Waals surface area (Å²) in [6.07, 6.45) is 3.37. The molecular weight excluding hydrogens is 330 g/mol. The third kappa shape index (κ3) is 6.64. The number of hydrogen-bond donors (Lipinski definition) is 2. The number of sulfonamides is 1. The summed E-state index contributed by atoms with van der Waals surface area (Å²) in [7, 11) is -1.43. The van der Waals surface area contributed by atoms with Crippen LogP contribution < -0.4 is 10.6 Å². The molecule has 1 amide bonds. The van der Waals surface area contributed by atoms with Crippen molar-refractivity contribution in [2.24, 2.45) is 4.99 Å². The maximum Gasteiger partial charge on any atom is 0.222 e. The van der Waals surface area contributed by atoms with Gasteiger partial charge < -0.3 is 15.5 Å². The fourth-order valence-electron chi connectivity index (χ4n) is 2.74. The lowest BCUT2D eigenvalue weighted by Crippen LogP contribution is -2.45. The third-order valence-electron chi connectivity index (χ3n) is 4.11. The van der Waals surface area contributed by atoms with Crippen LogP contribution in [-0.4, -0.2) is 81.6 Å². The number of rotatable bonds is 8. The molecule has 0 bridgehead atoms. The molecule has 0 spiro atoms. The lowest BCUT2D eigenvalue weighted by molar-refractivity contribution is -0.129. The van der Waals surface area contributed by atoms with E-state index in [0.717, 1.165) is 13.0 Å². The lowest BCUT2D eigenvalue weighted by atomic mass is 10.3. The summed E-state index contributed by atoms with van der Waals surface area (Å²) in [6, 6.07) is 0.204. The molecule has 1 fully saturated rings. The van der Waals surface area contributed by atoms with Gasteiger partial charge in [-0.25, -0.2) is 12.7 Å². The molecule has 1 saturated heterocycles. The van der Waals surface area contributed by atoms with E-state index in [2.05, 4.69) is 15.6 Å². The Morgan fingerprint density at radius 3 is 2.62 bits per heavy atom. The number of nitrogens with zero attached hydrogens (tertiary/aromatic N) is 3. The Bertz CT molecular complexity index is 535. The highest BCUT2D eigenvalue weighted by Crippen LogP contribution is 2.10. The topological polar surface area (TPSA) is 94.1 Å². The Kier molecular flexibility index (Phi) is 8.47. The second kappa shape index (κ2) is 9.83. The van der Waals surface area contributed by atoms with Gasteiger partial charge in [0.15, 0.2) is 5.96 Å². The zero-order valence-electron chi connectivity index (χ0n) is 15.2. The summed E-state index contributed by atoms with van der Waals surface area (Å²) < 4.78 is 24.5. The van der Waals surface area contributed by atoms with Crippen LogP contribution in [0.2, 0.25) is 0 Å². The zero-order valence-corrected chi connectivity index (χ0v) is 16.0. The van der Waals surface area contributed by atoms with E-state index in [0.29, 0.717) is 45.0 Å². The number of amides is 1. The van der Waals surface area contributed by atoms with E-state index in [1.165, 1.54) is 10.6 Å². The summed E-state index contributed by atoms with van der Waals surface area (Å²) >= 11 is 0. The van der Waals surface area contributed by atoms with Crippen LogP contribution in [0.1, 0.15) is 33.1 Å². The Balaban J connectivity index is 2.33. The molecule has 9 heteroatoms. The molecule has 1 aliphatic rings. The second-order valence-corrected chi connectivity index (χ2v) is 7.91. The van der Waals surface area contributed by atoms with Crippen LogP contribution in [0.3, 0.4) is 0 Å². The number of guanidine groups is 1. The third-order valence-corrected chi connectivity index (χ3v) is 5.49. The van der Waals surface area contributed by atoms with Crippen LogP contribution in [0.25, 0.3) is 0 Å². The van der Waals surface area contributed by atoms with E-state index < -0.39 is 10.0 Å². The Labute approximate surface area is 145 Å². The standard InChI is InChI=1S/C15H31N5O3S/c1-5-14(21)19-11-8-13(12-19)18-15(16-3)17-9-7-10-20(6-2)24(4,22)23/h13H,5-12H2,1-4H3,(H2,16,17,18). The van der Waals surface area contributed by atoms with Crippen molar-refractivity contribution >= 4 is 21.9 Å². The van der Waals surface area contributed by atoms with E-state index in [1.54, 1.807) is 7.05 Å². The molecule has 1 heterocycles. The predicted octanol–water partition coefficient (Wildman–Crippen LogP) is -0.166. The van der Waals surface area contributed by atoms with Crippen molar-refractivity contribution in [3.05, 3.63) is 0 Å². The molecule has 0 saturated carbocycles. The van der Waals surface area contributed by atoms with Gasteiger partial charge in [-0.1, -0.05) is 13.8 Å². The molecule has 0 aliphatic carbocycles. The maximum absolute atomic E-state index is 11.7. The summed E-state index contributed by atoms with van der Waals surface area (Å²) in [4.78, 5) is 17.8. The number of nitrogens with one attached hydrogen (secondary N) is 2. The highest BCUT2D eigenvalue weighted by molar-refractivity contribution is 7.88. The van der Waals surface area contributed by atoms with E-state index >= 15 is 0 Å². The minimum Gasteiger partial charge on any atom is -0.356 e. The Morgan fingerprint density at radius 1 is 1.38 bits per heavy atom. The predicted molar refractivity (Wildman–Crippen MR) is 96.5 cm³/mol. The first-order valence-corrected chi connectivity index (χ1v) is 10.4. The van der Waals surface area contributed by atoms with Crippen LogP contribution in [-0.2, 0) is 14.8 Å². The minimum absolute atomic E-state index is 0.183. The quantitative estimate of drug-likeness (QED) is 0.356. The molecule has 8 nitrogen and oxygen atoms in total. The highest BCUT2D eigenvalue weighted by Gasteiger charge is 2.25. The maximum atomic E-state index is 11.7. The molecule has 2 N–H and O–H groups in total. The molecule has 0 aromatic rings. The van der Waals surface area contributed by atoms with Gasteiger partial charge in [-0.2, -0.15) is 0 Å². The monoisotopic (exact) mass is 361 g/mol. The van der Waals surface area contributed by atoms with Crippen molar-refractivity contribution in [1.82, 2.24) is 19.8 Å². The summed E-state index contributed by atoms with van der Waals surface area (Å²) in [5.41, 5.74) is 0. The molecule has 140 valence electrons. The molecule has 1 atom stereocenters. The van der Waals surface area contributed by atoms with Gasteiger partial charge in [0.25, 0.3) is 0 Å². The molecule has 0 radical (unpaired) electrons. The van der Waals surface area contributed by atoms with Gasteiger partial charge in [-0.05, 0) is 12.8 Å². The van der Waals surface area contributed by atoms with Gasteiger partial charge >= 0.3 is 0 Å². The molecule has 0 aromatic heterocycles. The Morgan fingerprint density at radius 2 is 2.08 bits per heavy atom. The largest absolute Gasteiger partial charge is 0.356 e. The smallest absolute Gasteiger partial charge is 0.222 e. The van der Waals surface area contributed by atoms with Crippen molar-refractivity contribution in [2.75, 3.05) is 46.0 Å². The van der Waals surface area contributed by atoms with Crippen molar-refractivity contribution in [1.29, 1.82) is 0 Å². The molecular formula is C15H31N5O3S. The van der Waals surface area contributed by atoms with Gasteiger partial charge in [0.2, 0.25) is 15.9 Å². The van der Waals surface area contributed by atoms with Crippen LogP contribution in [0.5, 0.6) is 0 Å². The van der Waals surface area contributed by atoms with Crippen LogP contribution in [0, 0.1) is 0 Å². The number of aliphatic imine (C=N–C) groups is 1. The zero-order chi connectivity index (χ0) is 18.2. The number of likely N-dealkylation sites (tertiary alicyclic amines) is 1. The van der Waals surface area contributed by atoms with Crippen molar-refractivity contribution in [3.63, 3.8) is 0 Å². The SMILES string of the molecule is CCC(=O)N1CCC(NC(=NC)NCCCN(CC)S(C)(=O)=O)C1. The lowest BCUT2D eigenvalue weighted by Gasteiger charge is -2.20. The van der Waals surface area contributed by atoms with Crippen molar-refractivity contribution in [3.8, 4) is 0 Å². The first kappa shape index (κ1) is 20.7. The molecule has 1 rings (SSSR count). The van der Waals surface area contributed by atoms with Crippen LogP contribution in [0.15, 0.2) is 4.99 Å². The molecule has 0 aromatic carbocycles. The summed E-state index contributed by atoms with van der Waals surface area (Å²) in [5.74, 6) is 0.871. The highest BCUT2D eigenvalue weighted by atomic mass is 32.2. The number of hydrogen-bond acceptors (Lipinski definition) is 4. The first-order valence-electron chi connectivity index (χ1n) is 8.51. The molecule has 1 aliphatic heterocycles. The normalized spacial score (nSPS) is 19.0. The van der Waals surface area contributed by atoms with Crippen molar-refractivity contribution in [2.45, 2.75) is 39.2 Å². The molecule has 1 unspecified atom stereocenters. The summed E-state index contributed by atoms with van der Waals surface area (Å²) in [6.45, 7) is 6.79. The van der Waals surface area contributed by atoms with Crippen LogP contribution in [0.4, 0.5) is 0 Å². The average molecular weight is 362 g/mol. The van der Waals surface area contributed by atoms with Gasteiger partial charge in [-0.15, -0.1) is 0 Å². The molecule has 24 heavy (non-hydrogen) atoms. The average Bonchev–Trinajstić information content (AvgIpc) is 3.00. The first-order chi connectivity index (χ1) is 11.3. The second-order valence-electron chi connectivity index (χ2n) is 5.93. The van der Waals surface area contributed by atoms with Gasteiger partial charge in [0, 0.05) is 52.2 Å². The van der Waals surface area contributed by atoms with E-state index in [4.69, 9.17) is 0 Å². The van der Waals surface area contributed by atoms with Crippen molar-refractivity contribution < 1.29 is 13.2 Å². The number of carbonyl (C=O) groups is 1. The fraction of sp³-hybridized carbons (Fsp3) is 0.867. The Hall–Kier alpha value is -1.35. The van der Waals surface area contributed by atoms with Gasteiger partial charge in [0.05, 0.1) is 6.26 Å². The van der Waals surface area contributed by atoms with E-state index in [-0.39, 0.29) is 11.9 Å². The fourth-order valence-corrected chi connectivity index (χ4v) is 3.67. The van der Waals surface area contributed by atoms with E-state index in [1.807, 2.05) is 18.7 Å². The number of carbonyl (C=O) groups excluding carboxylic acids is 1. The summed E-state index contributed by atoms with van der Waals surface area (Å²) in [5, 5.41) is 6.52.